The molecule has 0 spiro atoms. The first-order valence-corrected chi connectivity index (χ1v) is 10.7. The SMILES string of the molecule is CC(=O)Nc1ccc(C2=C(Nc3cccc(C)c3C)C(=O)N(c3ccccc3C)C2=O)cc1. The van der Waals surface area contributed by atoms with Crippen molar-refractivity contribution in [3.05, 3.63) is 94.7 Å². The van der Waals surface area contributed by atoms with E-state index in [9.17, 15) is 14.4 Å². The van der Waals surface area contributed by atoms with E-state index < -0.39 is 11.8 Å². The van der Waals surface area contributed by atoms with E-state index in [4.69, 9.17) is 0 Å². The van der Waals surface area contributed by atoms with Gasteiger partial charge in [-0.1, -0.05) is 42.5 Å². The largest absolute Gasteiger partial charge is 0.350 e. The molecule has 2 N–H and O–H groups in total. The summed E-state index contributed by atoms with van der Waals surface area (Å²) in [7, 11) is 0. The molecule has 6 nitrogen and oxygen atoms in total. The molecule has 0 aromatic heterocycles. The van der Waals surface area contributed by atoms with Crippen molar-refractivity contribution in [3.63, 3.8) is 0 Å². The number of nitrogens with zero attached hydrogens (tertiary/aromatic N) is 1. The Hall–Kier alpha value is -4.19. The van der Waals surface area contributed by atoms with Gasteiger partial charge in [-0.3, -0.25) is 14.4 Å². The molecule has 0 radical (unpaired) electrons. The fourth-order valence-corrected chi connectivity index (χ4v) is 3.89. The van der Waals surface area contributed by atoms with Crippen molar-refractivity contribution < 1.29 is 14.4 Å². The van der Waals surface area contributed by atoms with Crippen LogP contribution in [0.25, 0.3) is 5.57 Å². The lowest BCUT2D eigenvalue weighted by atomic mass is 10.0. The summed E-state index contributed by atoms with van der Waals surface area (Å²) < 4.78 is 0. The van der Waals surface area contributed by atoms with Crippen molar-refractivity contribution in [1.29, 1.82) is 0 Å². The van der Waals surface area contributed by atoms with E-state index in [1.165, 1.54) is 11.8 Å². The van der Waals surface area contributed by atoms with Crippen LogP contribution in [0, 0.1) is 20.8 Å². The number of nitrogens with one attached hydrogen (secondary N) is 2. The normalized spacial score (nSPS) is 13.5. The second kappa shape index (κ2) is 8.74. The highest BCUT2D eigenvalue weighted by molar-refractivity contribution is 6.46. The van der Waals surface area contributed by atoms with Crippen LogP contribution in [-0.2, 0) is 14.4 Å². The second-order valence-electron chi connectivity index (χ2n) is 8.11. The quantitative estimate of drug-likeness (QED) is 0.551. The number of amides is 3. The maximum Gasteiger partial charge on any atom is 0.282 e. The van der Waals surface area contributed by atoms with Gasteiger partial charge >= 0.3 is 0 Å². The molecule has 3 aromatic carbocycles. The van der Waals surface area contributed by atoms with Crippen LogP contribution in [0.4, 0.5) is 17.1 Å². The third-order valence-corrected chi connectivity index (χ3v) is 5.80. The van der Waals surface area contributed by atoms with E-state index in [1.54, 1.807) is 36.4 Å². The highest BCUT2D eigenvalue weighted by atomic mass is 16.2. The molecule has 33 heavy (non-hydrogen) atoms. The Balaban J connectivity index is 1.83. The Morgan fingerprint density at radius 3 is 2.12 bits per heavy atom. The molecular weight excluding hydrogens is 414 g/mol. The van der Waals surface area contributed by atoms with Crippen LogP contribution in [0.1, 0.15) is 29.2 Å². The molecule has 0 atom stereocenters. The maximum absolute atomic E-state index is 13.6. The smallest absolute Gasteiger partial charge is 0.282 e. The van der Waals surface area contributed by atoms with Gasteiger partial charge in [0.15, 0.2) is 0 Å². The lowest BCUT2D eigenvalue weighted by Gasteiger charge is -2.18. The Bertz CT molecular complexity index is 1310. The summed E-state index contributed by atoms with van der Waals surface area (Å²) in [6.45, 7) is 7.27. The summed E-state index contributed by atoms with van der Waals surface area (Å²) >= 11 is 0. The molecule has 1 aliphatic heterocycles. The number of hydrogen-bond donors (Lipinski definition) is 2. The Morgan fingerprint density at radius 2 is 1.45 bits per heavy atom. The van der Waals surface area contributed by atoms with Crippen molar-refractivity contribution in [1.82, 2.24) is 0 Å². The van der Waals surface area contributed by atoms with Crippen LogP contribution in [0.5, 0.6) is 0 Å². The fourth-order valence-electron chi connectivity index (χ4n) is 3.89. The monoisotopic (exact) mass is 439 g/mol. The molecule has 1 heterocycles. The summed E-state index contributed by atoms with van der Waals surface area (Å²) in [6.07, 6.45) is 0. The van der Waals surface area contributed by atoms with Gasteiger partial charge in [0.2, 0.25) is 5.91 Å². The van der Waals surface area contributed by atoms with Crippen LogP contribution in [0.15, 0.2) is 72.4 Å². The van der Waals surface area contributed by atoms with Gasteiger partial charge in [0.05, 0.1) is 11.3 Å². The van der Waals surface area contributed by atoms with E-state index in [2.05, 4.69) is 10.6 Å². The summed E-state index contributed by atoms with van der Waals surface area (Å²) in [6, 6.07) is 20.0. The van der Waals surface area contributed by atoms with Gasteiger partial charge in [-0.05, 0) is 67.3 Å². The minimum absolute atomic E-state index is 0.183. The fraction of sp³-hybridized carbons (Fsp3) is 0.148. The van der Waals surface area contributed by atoms with Crippen LogP contribution in [-0.4, -0.2) is 17.7 Å². The van der Waals surface area contributed by atoms with E-state index in [0.29, 0.717) is 22.5 Å². The zero-order valence-corrected chi connectivity index (χ0v) is 19.0. The topological polar surface area (TPSA) is 78.5 Å². The molecule has 1 aliphatic rings. The molecule has 0 bridgehead atoms. The minimum atomic E-state index is -0.406. The van der Waals surface area contributed by atoms with Gasteiger partial charge < -0.3 is 10.6 Å². The highest BCUT2D eigenvalue weighted by Gasteiger charge is 2.40. The van der Waals surface area contributed by atoms with Gasteiger partial charge in [0.1, 0.15) is 5.70 Å². The first kappa shape index (κ1) is 22.0. The summed E-state index contributed by atoms with van der Waals surface area (Å²) in [4.78, 5) is 39.8. The van der Waals surface area contributed by atoms with Crippen LogP contribution < -0.4 is 15.5 Å². The highest BCUT2D eigenvalue weighted by Crippen LogP contribution is 2.36. The van der Waals surface area contributed by atoms with E-state index in [-0.39, 0.29) is 11.6 Å². The number of imide groups is 1. The molecule has 6 heteroatoms. The first-order valence-electron chi connectivity index (χ1n) is 10.7. The standard InChI is InChI=1S/C27H25N3O3/c1-16-9-7-10-22(18(16)3)29-25-24(20-12-14-21(15-13-20)28-19(4)31)26(32)30(27(25)33)23-11-6-5-8-17(23)2/h5-15,29H,1-4H3,(H,28,31). The van der Waals surface area contributed by atoms with Crippen molar-refractivity contribution in [2.45, 2.75) is 27.7 Å². The van der Waals surface area contributed by atoms with Crippen LogP contribution in [0.2, 0.25) is 0 Å². The van der Waals surface area contributed by atoms with Gasteiger partial charge in [-0.15, -0.1) is 0 Å². The van der Waals surface area contributed by atoms with Crippen LogP contribution in [0.3, 0.4) is 0 Å². The molecule has 0 saturated heterocycles. The van der Waals surface area contributed by atoms with Gasteiger partial charge in [0, 0.05) is 18.3 Å². The molecule has 3 aromatic rings. The number of carbonyl (C=O) groups excluding carboxylic acids is 3. The minimum Gasteiger partial charge on any atom is -0.350 e. The third-order valence-electron chi connectivity index (χ3n) is 5.80. The number of benzene rings is 3. The third kappa shape index (κ3) is 4.15. The van der Waals surface area contributed by atoms with E-state index in [0.717, 1.165) is 22.4 Å². The van der Waals surface area contributed by atoms with Gasteiger partial charge in [0.25, 0.3) is 11.8 Å². The molecule has 0 fully saturated rings. The average molecular weight is 440 g/mol. The number of para-hydroxylation sites is 1. The zero-order chi connectivity index (χ0) is 23.7. The molecule has 0 aliphatic carbocycles. The molecule has 3 amide bonds. The second-order valence-corrected chi connectivity index (χ2v) is 8.11. The van der Waals surface area contributed by atoms with Crippen molar-refractivity contribution >= 4 is 40.4 Å². The summed E-state index contributed by atoms with van der Waals surface area (Å²) in [5, 5.41) is 5.96. The number of hydrogen-bond acceptors (Lipinski definition) is 4. The maximum atomic E-state index is 13.6. The van der Waals surface area contributed by atoms with E-state index in [1.807, 2.05) is 51.1 Å². The number of carbonyl (C=O) groups is 3. The van der Waals surface area contributed by atoms with Crippen LogP contribution >= 0.6 is 0 Å². The zero-order valence-electron chi connectivity index (χ0n) is 19.0. The van der Waals surface area contributed by atoms with Gasteiger partial charge in [-0.2, -0.15) is 0 Å². The van der Waals surface area contributed by atoms with E-state index >= 15 is 0 Å². The first-order chi connectivity index (χ1) is 15.8. The van der Waals surface area contributed by atoms with Crippen molar-refractivity contribution in [2.75, 3.05) is 15.5 Å². The average Bonchev–Trinajstić information content (AvgIpc) is 3.01. The van der Waals surface area contributed by atoms with Crippen molar-refractivity contribution in [3.8, 4) is 0 Å². The molecule has 166 valence electrons. The lowest BCUT2D eigenvalue weighted by Crippen LogP contribution is -2.33. The van der Waals surface area contributed by atoms with Gasteiger partial charge in [-0.25, -0.2) is 4.90 Å². The van der Waals surface area contributed by atoms with Crippen molar-refractivity contribution in [2.24, 2.45) is 0 Å². The molecular formula is C27H25N3O3. The Kier molecular flexibility index (Phi) is 5.84. The lowest BCUT2D eigenvalue weighted by molar-refractivity contribution is -0.120. The molecule has 4 rings (SSSR count). The Labute approximate surface area is 192 Å². The predicted molar refractivity (Wildman–Crippen MR) is 131 cm³/mol. The number of anilines is 3. The Morgan fingerprint density at radius 1 is 0.788 bits per heavy atom. The number of rotatable bonds is 5. The summed E-state index contributed by atoms with van der Waals surface area (Å²) in [5.74, 6) is -0.984. The predicted octanol–water partition coefficient (Wildman–Crippen LogP) is 4.97. The molecule has 0 saturated carbocycles. The number of aryl methyl sites for hydroxylation is 2. The molecule has 0 unspecified atom stereocenters. The summed E-state index contributed by atoms with van der Waals surface area (Å²) in [5.41, 5.74) is 5.95.